The number of nitrogens with zero attached hydrogens (tertiary/aromatic N) is 2. The van der Waals surface area contributed by atoms with Crippen molar-refractivity contribution in [3.8, 4) is 11.5 Å². The van der Waals surface area contributed by atoms with E-state index in [1.54, 1.807) is 38.1 Å². The van der Waals surface area contributed by atoms with Crippen LogP contribution in [0.3, 0.4) is 0 Å². The summed E-state index contributed by atoms with van der Waals surface area (Å²) in [5.41, 5.74) is 6.04. The van der Waals surface area contributed by atoms with Gasteiger partial charge in [-0.3, -0.25) is 9.59 Å². The molecule has 88 heavy (non-hydrogen) atoms. The van der Waals surface area contributed by atoms with E-state index in [2.05, 4.69) is 81.7 Å². The molecule has 18 heteroatoms. The highest BCUT2D eigenvalue weighted by Crippen LogP contribution is 2.54. The average Bonchev–Trinajstić information content (AvgIpc) is 1.66. The zero-order valence-corrected chi connectivity index (χ0v) is 55.2. The molecule has 4 aliphatic carbocycles. The number of amides is 2. The first-order valence-corrected chi connectivity index (χ1v) is 36.2. The molecule has 4 N–H and O–H groups in total. The second kappa shape index (κ2) is 25.5. The topological polar surface area (TPSA) is 192 Å². The van der Waals surface area contributed by atoms with Crippen LogP contribution in [-0.2, 0) is 43.7 Å². The van der Waals surface area contributed by atoms with Crippen LogP contribution in [0.15, 0.2) is 97.1 Å². The van der Waals surface area contributed by atoms with Gasteiger partial charge in [0, 0.05) is 69.0 Å². The lowest BCUT2D eigenvalue weighted by molar-refractivity contribution is 0.00784. The van der Waals surface area contributed by atoms with Crippen molar-refractivity contribution in [1.82, 2.24) is 9.44 Å². The molecule has 4 aliphatic heterocycles. The van der Waals surface area contributed by atoms with E-state index in [-0.39, 0.29) is 46.7 Å². The molecule has 2 spiro atoms. The summed E-state index contributed by atoms with van der Waals surface area (Å²) < 4.78 is 71.1. The molecule has 2 saturated carbocycles. The second-order valence-corrected chi connectivity index (χ2v) is 32.5. The first kappa shape index (κ1) is 64.4. The fourth-order valence-electron chi connectivity index (χ4n) is 16.3. The van der Waals surface area contributed by atoms with Gasteiger partial charge in [0.15, 0.2) is 0 Å². The number of aliphatic hydroxyl groups excluding tert-OH is 2. The number of aryl methyl sites for hydroxylation is 2. The van der Waals surface area contributed by atoms with Gasteiger partial charge < -0.3 is 29.5 Å². The Morgan fingerprint density at radius 2 is 0.989 bits per heavy atom. The fraction of sp³-hybridized carbons (Fsp3) is 0.571. The van der Waals surface area contributed by atoms with E-state index >= 15 is 0 Å². The summed E-state index contributed by atoms with van der Waals surface area (Å²) in [5.74, 6) is 1.02. The molecule has 12 atom stereocenters. The highest BCUT2D eigenvalue weighted by atomic mass is 35.5. The Bertz CT molecular complexity index is 3340. The van der Waals surface area contributed by atoms with Gasteiger partial charge in [-0.05, 0) is 222 Å². The van der Waals surface area contributed by atoms with Gasteiger partial charge in [0.2, 0.25) is 20.0 Å². The minimum absolute atomic E-state index is 0.0569. The molecule has 0 unspecified atom stereocenters. The Morgan fingerprint density at radius 1 is 0.580 bits per heavy atom. The van der Waals surface area contributed by atoms with Crippen molar-refractivity contribution < 1.29 is 46.1 Å². The molecule has 4 bridgehead atoms. The third-order valence-electron chi connectivity index (χ3n) is 22.7. The van der Waals surface area contributed by atoms with Crippen molar-refractivity contribution in [1.29, 1.82) is 0 Å². The third kappa shape index (κ3) is 12.3. The number of sulfonamides is 2. The van der Waals surface area contributed by atoms with Crippen molar-refractivity contribution in [2.45, 2.75) is 153 Å². The van der Waals surface area contributed by atoms with E-state index in [0.29, 0.717) is 85.4 Å². The Balaban J connectivity index is 0.000000182. The van der Waals surface area contributed by atoms with Gasteiger partial charge >= 0.3 is 0 Å². The number of benzene rings is 4. The van der Waals surface area contributed by atoms with Crippen LogP contribution in [0.1, 0.15) is 162 Å². The second-order valence-electron chi connectivity index (χ2n) is 27.5. The van der Waals surface area contributed by atoms with Crippen LogP contribution in [0.2, 0.25) is 10.0 Å². The van der Waals surface area contributed by atoms with Crippen molar-refractivity contribution in [2.24, 2.45) is 46.3 Å². The van der Waals surface area contributed by atoms with Gasteiger partial charge in [-0.25, -0.2) is 26.3 Å². The summed E-state index contributed by atoms with van der Waals surface area (Å²) in [6.45, 7) is 15.4. The molecule has 2 amide bonds. The van der Waals surface area contributed by atoms with Crippen LogP contribution >= 0.6 is 23.2 Å². The number of carbonyl (C=O) groups is 2. The van der Waals surface area contributed by atoms with Gasteiger partial charge in [0.1, 0.15) is 11.5 Å². The van der Waals surface area contributed by atoms with Gasteiger partial charge in [-0.15, -0.1) is 0 Å². The van der Waals surface area contributed by atoms with Crippen LogP contribution in [0.5, 0.6) is 11.5 Å². The average molecular weight is 1280 g/mol. The highest BCUT2D eigenvalue weighted by molar-refractivity contribution is 7.91. The normalized spacial score (nSPS) is 34.0. The fourth-order valence-corrected chi connectivity index (χ4v) is 19.3. The molecular formula is C70H90Cl2N4O10S2. The molecule has 476 valence electrons. The SMILES string of the molecule is CC[C@@]1(CO)/C=C/C[C@H](C)[C@@H](C)S(=O)(=O)NC(=O)c2ccc3c(c2)N(C[C@@H]2CC[C@H]21)C[C@@]1(CCCc2cc(Cl)ccc21)CO3.CC[C@]1(CO)/C=C/C[C@H](C)[C@@H](C)S(=O)(=O)NC(=O)c2ccc3c(c2)N(C[C@@H]2CC[C@H]21)C[C@@]1(CCCc2cc(Cl)ccc21)CO3. The standard InChI is InChI=1S/2C35H45ClN2O5S/c2*1-4-34(21-39)15-5-7-23(2)24(3)44(41,42)37-33(40)26-10-14-32-31(18-26)38(19-27-9-12-30(27)34)20-35(22-43-32)16-6-8-25-17-28(36)11-13-29(25)35/h2*5,10-11,13-15,17-18,23-24,27,30,39H,4,6-9,12,16,19-22H2,1-3H3,(H,37,40)/b2*15-5+/t23-,24+,27-,30+,34+,35-;23-,24+,27-,30+,34-,35-/m00/s1. The van der Waals surface area contributed by atoms with Crippen molar-refractivity contribution in [3.63, 3.8) is 0 Å². The van der Waals surface area contributed by atoms with Gasteiger partial charge in [-0.2, -0.15) is 0 Å². The first-order chi connectivity index (χ1) is 42.0. The monoisotopic (exact) mass is 1280 g/mol. The number of hydrogen-bond donors (Lipinski definition) is 4. The molecule has 14 nitrogen and oxygen atoms in total. The lowest BCUT2D eigenvalue weighted by Gasteiger charge is -2.50. The maximum Gasteiger partial charge on any atom is 0.264 e. The largest absolute Gasteiger partial charge is 0.490 e. The van der Waals surface area contributed by atoms with E-state index in [9.17, 15) is 36.6 Å². The van der Waals surface area contributed by atoms with E-state index in [1.807, 2.05) is 38.1 Å². The highest BCUT2D eigenvalue weighted by Gasteiger charge is 2.50. The van der Waals surface area contributed by atoms with Gasteiger partial charge in [0.05, 0.1) is 48.3 Å². The molecule has 4 aromatic carbocycles. The predicted molar refractivity (Wildman–Crippen MR) is 350 cm³/mol. The molecule has 2 fully saturated rings. The summed E-state index contributed by atoms with van der Waals surface area (Å²) >= 11 is 12.8. The lowest BCUT2D eigenvalue weighted by atomic mass is 9.58. The quantitative estimate of drug-likeness (QED) is 0.142. The number of anilines is 2. The maximum atomic E-state index is 13.4. The van der Waals surface area contributed by atoms with Crippen LogP contribution in [0.4, 0.5) is 11.4 Å². The van der Waals surface area contributed by atoms with Gasteiger partial charge in [0.25, 0.3) is 11.8 Å². The van der Waals surface area contributed by atoms with Crippen molar-refractivity contribution >= 4 is 66.4 Å². The number of halogens is 2. The number of fused-ring (bicyclic) bond motifs is 8. The smallest absolute Gasteiger partial charge is 0.264 e. The number of ether oxygens (including phenoxy) is 2. The summed E-state index contributed by atoms with van der Waals surface area (Å²) in [6, 6.07) is 23.0. The molecule has 4 aromatic rings. The molecular weight excluding hydrogens is 1190 g/mol. The zero-order chi connectivity index (χ0) is 62.6. The molecule has 0 saturated heterocycles. The minimum atomic E-state index is -3.92. The molecule has 4 heterocycles. The number of aliphatic hydroxyl groups is 2. The van der Waals surface area contributed by atoms with Crippen LogP contribution in [-0.4, -0.2) is 102 Å². The number of carbonyl (C=O) groups excluding carboxylic acids is 2. The van der Waals surface area contributed by atoms with Crippen molar-refractivity contribution in [3.05, 3.63) is 141 Å². The summed E-state index contributed by atoms with van der Waals surface area (Å²) in [4.78, 5) is 31.6. The zero-order valence-electron chi connectivity index (χ0n) is 52.0. The number of rotatable bonds is 4. The number of hydrogen-bond acceptors (Lipinski definition) is 12. The maximum absolute atomic E-state index is 13.4. The Labute approximate surface area is 532 Å². The molecule has 0 radical (unpaired) electrons. The van der Waals surface area contributed by atoms with E-state index in [0.717, 1.165) is 112 Å². The van der Waals surface area contributed by atoms with E-state index in [1.165, 1.54) is 22.3 Å². The third-order valence-corrected chi connectivity index (χ3v) is 27.0. The summed E-state index contributed by atoms with van der Waals surface area (Å²) in [5, 5.41) is 21.5. The van der Waals surface area contributed by atoms with Gasteiger partial charge in [-0.1, -0.05) is 87.3 Å². The molecule has 12 rings (SSSR count). The predicted octanol–water partition coefficient (Wildman–Crippen LogP) is 12.5. The Hall–Kier alpha value is -5.10. The van der Waals surface area contributed by atoms with Crippen molar-refractivity contribution in [2.75, 3.05) is 62.4 Å². The van der Waals surface area contributed by atoms with E-state index < -0.39 is 42.4 Å². The number of nitrogens with one attached hydrogen (secondary N) is 2. The summed E-state index contributed by atoms with van der Waals surface area (Å²) in [7, 11) is -7.85. The number of allylic oxidation sites excluding steroid dienone is 2. The summed E-state index contributed by atoms with van der Waals surface area (Å²) in [6.07, 6.45) is 21.3. The Morgan fingerprint density at radius 3 is 1.35 bits per heavy atom. The van der Waals surface area contributed by atoms with Crippen LogP contribution in [0, 0.1) is 46.3 Å². The van der Waals surface area contributed by atoms with Crippen LogP contribution in [0.25, 0.3) is 0 Å². The molecule has 8 aliphatic rings. The lowest BCUT2D eigenvalue weighted by Crippen LogP contribution is -2.51. The Kier molecular flexibility index (Phi) is 18.7. The van der Waals surface area contributed by atoms with Crippen LogP contribution < -0.4 is 28.7 Å². The van der Waals surface area contributed by atoms with E-state index in [4.69, 9.17) is 32.7 Å². The first-order valence-electron chi connectivity index (χ1n) is 32.3. The minimum Gasteiger partial charge on any atom is -0.490 e. The molecule has 0 aromatic heterocycles.